The van der Waals surface area contributed by atoms with Crippen LogP contribution in [-0.2, 0) is 11.3 Å². The largest absolute Gasteiger partial charge is 0.340 e. The van der Waals surface area contributed by atoms with Gasteiger partial charge in [0.05, 0.1) is 0 Å². The van der Waals surface area contributed by atoms with Gasteiger partial charge in [0, 0.05) is 38.3 Å². The van der Waals surface area contributed by atoms with Gasteiger partial charge in [0.2, 0.25) is 5.91 Å². The van der Waals surface area contributed by atoms with Crippen molar-refractivity contribution in [1.82, 2.24) is 15.1 Å². The van der Waals surface area contributed by atoms with Crippen molar-refractivity contribution in [3.05, 3.63) is 71.5 Å². The monoisotopic (exact) mass is 397 g/mol. The lowest BCUT2D eigenvalue weighted by Gasteiger charge is -2.37. The summed E-state index contributed by atoms with van der Waals surface area (Å²) in [5.41, 5.74) is 1.61. The maximum absolute atomic E-state index is 13.1. The molecular formula is C23H28FN3O2. The number of carbonyl (C=O) groups excluding carboxylic acids is 2. The summed E-state index contributed by atoms with van der Waals surface area (Å²) in [5.74, 6) is -0.866. The quantitative estimate of drug-likeness (QED) is 0.816. The zero-order valence-corrected chi connectivity index (χ0v) is 17.0. The average molecular weight is 397 g/mol. The van der Waals surface area contributed by atoms with E-state index in [4.69, 9.17) is 0 Å². The molecule has 0 bridgehead atoms. The SMILES string of the molecule is CC(C)[C@@H](NC(=O)c1ccc(F)cc1)C(=O)N1CCN(Cc2ccccc2)CC1. The van der Waals surface area contributed by atoms with E-state index in [1.165, 1.54) is 29.8 Å². The van der Waals surface area contributed by atoms with Crippen LogP contribution in [0.3, 0.4) is 0 Å². The van der Waals surface area contributed by atoms with Crippen LogP contribution in [0.4, 0.5) is 4.39 Å². The first-order chi connectivity index (χ1) is 13.9. The van der Waals surface area contributed by atoms with Crippen LogP contribution in [0, 0.1) is 11.7 Å². The van der Waals surface area contributed by atoms with Gasteiger partial charge in [-0.2, -0.15) is 0 Å². The third-order valence-corrected chi connectivity index (χ3v) is 5.26. The zero-order valence-electron chi connectivity index (χ0n) is 17.0. The number of benzene rings is 2. The highest BCUT2D eigenvalue weighted by molar-refractivity contribution is 5.97. The lowest BCUT2D eigenvalue weighted by Crippen LogP contribution is -2.56. The summed E-state index contributed by atoms with van der Waals surface area (Å²) in [6, 6.07) is 15.0. The Morgan fingerprint density at radius 1 is 0.966 bits per heavy atom. The Hall–Kier alpha value is -2.73. The molecule has 5 nitrogen and oxygen atoms in total. The van der Waals surface area contributed by atoms with Crippen LogP contribution < -0.4 is 5.32 Å². The van der Waals surface area contributed by atoms with E-state index in [1.807, 2.05) is 36.9 Å². The topological polar surface area (TPSA) is 52.7 Å². The molecule has 3 rings (SSSR count). The first kappa shape index (κ1) is 21.0. The third-order valence-electron chi connectivity index (χ3n) is 5.26. The molecule has 0 saturated carbocycles. The Kier molecular flexibility index (Phi) is 6.99. The van der Waals surface area contributed by atoms with Crippen LogP contribution in [0.25, 0.3) is 0 Å². The summed E-state index contributed by atoms with van der Waals surface area (Å²) in [4.78, 5) is 29.7. The van der Waals surface area contributed by atoms with Gasteiger partial charge in [-0.15, -0.1) is 0 Å². The highest BCUT2D eigenvalue weighted by Crippen LogP contribution is 2.13. The van der Waals surface area contributed by atoms with Crippen LogP contribution in [0.2, 0.25) is 0 Å². The highest BCUT2D eigenvalue weighted by atomic mass is 19.1. The van der Waals surface area contributed by atoms with Gasteiger partial charge >= 0.3 is 0 Å². The van der Waals surface area contributed by atoms with Crippen LogP contribution in [-0.4, -0.2) is 53.8 Å². The van der Waals surface area contributed by atoms with Crippen LogP contribution in [0.5, 0.6) is 0 Å². The Morgan fingerprint density at radius 3 is 2.17 bits per heavy atom. The third kappa shape index (κ3) is 5.64. The van der Waals surface area contributed by atoms with Gasteiger partial charge in [0.1, 0.15) is 11.9 Å². The van der Waals surface area contributed by atoms with Gasteiger partial charge in [-0.25, -0.2) is 4.39 Å². The molecule has 0 spiro atoms. The standard InChI is InChI=1S/C23H28FN3O2/c1-17(2)21(25-22(28)19-8-10-20(24)11-9-19)23(29)27-14-12-26(13-15-27)16-18-6-4-3-5-7-18/h3-11,17,21H,12-16H2,1-2H3,(H,25,28)/t21-/m1/s1. The van der Waals surface area contributed by atoms with Crippen LogP contribution in [0.15, 0.2) is 54.6 Å². The Balaban J connectivity index is 1.57. The molecule has 2 aromatic rings. The van der Waals surface area contributed by atoms with Crippen molar-refractivity contribution >= 4 is 11.8 Å². The molecule has 0 aromatic heterocycles. The first-order valence-electron chi connectivity index (χ1n) is 10.1. The smallest absolute Gasteiger partial charge is 0.251 e. The van der Waals surface area contributed by atoms with Gasteiger partial charge in [0.25, 0.3) is 5.91 Å². The number of carbonyl (C=O) groups is 2. The maximum atomic E-state index is 13.1. The summed E-state index contributed by atoms with van der Waals surface area (Å²) in [6.07, 6.45) is 0. The highest BCUT2D eigenvalue weighted by Gasteiger charge is 2.30. The fourth-order valence-corrected chi connectivity index (χ4v) is 3.50. The molecular weight excluding hydrogens is 369 g/mol. The molecule has 1 heterocycles. The fourth-order valence-electron chi connectivity index (χ4n) is 3.50. The number of amides is 2. The average Bonchev–Trinajstić information content (AvgIpc) is 2.73. The molecule has 0 aliphatic carbocycles. The van der Waals surface area contributed by atoms with Gasteiger partial charge in [0.15, 0.2) is 0 Å². The Bertz CT molecular complexity index is 816. The van der Waals surface area contributed by atoms with Crippen molar-refractivity contribution in [2.45, 2.75) is 26.4 Å². The zero-order chi connectivity index (χ0) is 20.8. The van der Waals surface area contributed by atoms with Crippen molar-refractivity contribution < 1.29 is 14.0 Å². The first-order valence-corrected chi connectivity index (χ1v) is 10.1. The number of hydrogen-bond acceptors (Lipinski definition) is 3. The summed E-state index contributed by atoms with van der Waals surface area (Å²) < 4.78 is 13.1. The molecule has 29 heavy (non-hydrogen) atoms. The van der Waals surface area contributed by atoms with Gasteiger partial charge in [-0.3, -0.25) is 14.5 Å². The van der Waals surface area contributed by atoms with E-state index in [0.717, 1.165) is 19.6 Å². The number of rotatable bonds is 6. The number of nitrogens with one attached hydrogen (secondary N) is 1. The Morgan fingerprint density at radius 2 is 1.59 bits per heavy atom. The van der Waals surface area contributed by atoms with Gasteiger partial charge < -0.3 is 10.2 Å². The molecule has 6 heteroatoms. The molecule has 1 aliphatic rings. The van der Waals surface area contributed by atoms with Crippen molar-refractivity contribution in [1.29, 1.82) is 0 Å². The summed E-state index contributed by atoms with van der Waals surface area (Å²) >= 11 is 0. The number of piperazine rings is 1. The minimum Gasteiger partial charge on any atom is -0.340 e. The second kappa shape index (κ2) is 9.65. The minimum atomic E-state index is -0.603. The van der Waals surface area contributed by atoms with Crippen molar-refractivity contribution in [2.75, 3.05) is 26.2 Å². The predicted molar refractivity (Wildman–Crippen MR) is 111 cm³/mol. The summed E-state index contributed by atoms with van der Waals surface area (Å²) in [5, 5.41) is 2.83. The maximum Gasteiger partial charge on any atom is 0.251 e. The number of halogens is 1. The van der Waals surface area contributed by atoms with E-state index in [9.17, 15) is 14.0 Å². The molecule has 154 valence electrons. The molecule has 1 saturated heterocycles. The second-order valence-electron chi connectivity index (χ2n) is 7.79. The molecule has 1 atom stereocenters. The molecule has 1 fully saturated rings. The molecule has 2 amide bonds. The van der Waals surface area contributed by atoms with E-state index in [2.05, 4.69) is 22.3 Å². The van der Waals surface area contributed by atoms with Crippen LogP contribution >= 0.6 is 0 Å². The van der Waals surface area contributed by atoms with E-state index in [-0.39, 0.29) is 17.7 Å². The molecule has 1 aliphatic heterocycles. The molecule has 1 N–H and O–H groups in total. The molecule has 0 radical (unpaired) electrons. The van der Waals surface area contributed by atoms with Gasteiger partial charge in [-0.1, -0.05) is 44.2 Å². The summed E-state index contributed by atoms with van der Waals surface area (Å²) in [7, 11) is 0. The fraction of sp³-hybridized carbons (Fsp3) is 0.391. The predicted octanol–water partition coefficient (Wildman–Crippen LogP) is 2.92. The number of nitrogens with zero attached hydrogens (tertiary/aromatic N) is 2. The van der Waals surface area contributed by atoms with Gasteiger partial charge in [-0.05, 0) is 35.7 Å². The summed E-state index contributed by atoms with van der Waals surface area (Å²) in [6.45, 7) is 7.59. The molecule has 2 aromatic carbocycles. The van der Waals surface area contributed by atoms with Crippen molar-refractivity contribution in [3.63, 3.8) is 0 Å². The van der Waals surface area contributed by atoms with Crippen molar-refractivity contribution in [2.24, 2.45) is 5.92 Å². The lowest BCUT2D eigenvalue weighted by atomic mass is 10.0. The minimum absolute atomic E-state index is 0.0470. The van der Waals surface area contributed by atoms with E-state index < -0.39 is 11.9 Å². The van der Waals surface area contributed by atoms with E-state index >= 15 is 0 Å². The molecule has 0 unspecified atom stereocenters. The number of hydrogen-bond donors (Lipinski definition) is 1. The second-order valence-corrected chi connectivity index (χ2v) is 7.79. The van der Waals surface area contributed by atoms with E-state index in [0.29, 0.717) is 18.7 Å². The lowest BCUT2D eigenvalue weighted by molar-refractivity contribution is -0.136. The van der Waals surface area contributed by atoms with Crippen molar-refractivity contribution in [3.8, 4) is 0 Å². The van der Waals surface area contributed by atoms with Crippen LogP contribution in [0.1, 0.15) is 29.8 Å². The normalized spacial score (nSPS) is 15.9. The Labute approximate surface area is 171 Å². The van der Waals surface area contributed by atoms with E-state index in [1.54, 1.807) is 0 Å².